The summed E-state index contributed by atoms with van der Waals surface area (Å²) in [7, 11) is -4.51. The average Bonchev–Trinajstić information content (AvgIpc) is 2.93. The van der Waals surface area contributed by atoms with Crippen molar-refractivity contribution in [2.75, 3.05) is 17.4 Å². The molecule has 0 aliphatic rings. The summed E-state index contributed by atoms with van der Waals surface area (Å²) in [6.45, 7) is 2.64. The highest BCUT2D eigenvalue weighted by Gasteiger charge is 2.35. The van der Waals surface area contributed by atoms with Crippen LogP contribution in [0.4, 0.5) is 18.9 Å². The van der Waals surface area contributed by atoms with Crippen molar-refractivity contribution >= 4 is 50.7 Å². The summed E-state index contributed by atoms with van der Waals surface area (Å²) in [6.07, 6.45) is -4.58. The molecule has 2 amide bonds. The maximum Gasteiger partial charge on any atom is 0.416 e. The lowest BCUT2D eigenvalue weighted by Gasteiger charge is -2.33. The number of likely N-dealkylation sites (N-methyl/N-ethyl adjacent to an activating group) is 1. The van der Waals surface area contributed by atoms with Crippen molar-refractivity contribution in [3.05, 3.63) is 94.0 Å². The van der Waals surface area contributed by atoms with Gasteiger partial charge in [0.1, 0.15) is 12.6 Å². The predicted octanol–water partition coefficient (Wildman–Crippen LogP) is 6.15. The van der Waals surface area contributed by atoms with Crippen LogP contribution in [0.2, 0.25) is 10.0 Å². The number of anilines is 1. The molecule has 0 saturated carbocycles. The fourth-order valence-corrected chi connectivity index (χ4v) is 5.88. The molecule has 0 aliphatic heterocycles. The second kappa shape index (κ2) is 13.6. The fourth-order valence-electron chi connectivity index (χ4n) is 4.13. The van der Waals surface area contributed by atoms with Crippen molar-refractivity contribution in [2.45, 2.75) is 43.9 Å². The largest absolute Gasteiger partial charge is 0.416 e. The van der Waals surface area contributed by atoms with Crippen LogP contribution in [0, 0.1) is 0 Å². The number of carbonyl (C=O) groups excluding carboxylic acids is 2. The van der Waals surface area contributed by atoms with Crippen molar-refractivity contribution in [1.29, 1.82) is 0 Å². The van der Waals surface area contributed by atoms with Gasteiger partial charge in [-0.05, 0) is 61.4 Å². The molecule has 7 nitrogen and oxygen atoms in total. The number of benzene rings is 3. The van der Waals surface area contributed by atoms with Gasteiger partial charge in [-0.2, -0.15) is 13.2 Å². The van der Waals surface area contributed by atoms with Crippen LogP contribution in [0.5, 0.6) is 0 Å². The first-order chi connectivity index (χ1) is 19.3. The number of carbonyl (C=O) groups is 2. The zero-order chi connectivity index (χ0) is 30.4. The zero-order valence-corrected chi connectivity index (χ0v) is 24.5. The van der Waals surface area contributed by atoms with Crippen LogP contribution in [0.3, 0.4) is 0 Å². The van der Waals surface area contributed by atoms with Crippen LogP contribution in [0.15, 0.2) is 77.7 Å². The Kier molecular flexibility index (Phi) is 10.7. The highest BCUT2D eigenvalue weighted by molar-refractivity contribution is 7.92. The number of nitrogens with one attached hydrogen (secondary N) is 1. The third-order valence-corrected chi connectivity index (χ3v) is 8.67. The lowest BCUT2D eigenvalue weighted by Crippen LogP contribution is -2.52. The predicted molar refractivity (Wildman–Crippen MR) is 152 cm³/mol. The van der Waals surface area contributed by atoms with Gasteiger partial charge in [0.05, 0.1) is 26.2 Å². The number of alkyl halides is 3. The van der Waals surface area contributed by atoms with Crippen LogP contribution in [0.1, 0.15) is 31.4 Å². The Morgan fingerprint density at radius 2 is 1.61 bits per heavy atom. The molecular weight excluding hydrogens is 602 g/mol. The Bertz CT molecular complexity index is 1490. The van der Waals surface area contributed by atoms with Gasteiger partial charge in [0.15, 0.2) is 0 Å². The second-order valence-electron chi connectivity index (χ2n) is 8.96. The molecule has 0 spiro atoms. The van der Waals surface area contributed by atoms with Gasteiger partial charge < -0.3 is 10.2 Å². The van der Waals surface area contributed by atoms with Crippen LogP contribution >= 0.6 is 23.2 Å². The van der Waals surface area contributed by atoms with E-state index in [1.807, 2.05) is 0 Å². The molecule has 0 saturated heterocycles. The number of amides is 2. The second-order valence-corrected chi connectivity index (χ2v) is 11.6. The van der Waals surface area contributed by atoms with Gasteiger partial charge in [0, 0.05) is 13.1 Å². The lowest BCUT2D eigenvalue weighted by atomic mass is 10.1. The SMILES string of the molecule is CCNC(=O)C(CC)N(Cc1ccc(Cl)c(Cl)c1)C(=O)CN(c1cccc(C(F)(F)F)c1)S(=O)(=O)c1ccccc1. The maximum atomic E-state index is 13.9. The van der Waals surface area contributed by atoms with E-state index in [1.165, 1.54) is 47.4 Å². The van der Waals surface area contributed by atoms with Crippen LogP contribution in [-0.2, 0) is 32.3 Å². The summed E-state index contributed by atoms with van der Waals surface area (Å²) in [5, 5.41) is 3.15. The highest BCUT2D eigenvalue weighted by Crippen LogP contribution is 2.33. The molecule has 3 aromatic carbocycles. The van der Waals surface area contributed by atoms with Gasteiger partial charge in [-0.15, -0.1) is 0 Å². The van der Waals surface area contributed by atoms with Gasteiger partial charge in [-0.25, -0.2) is 8.42 Å². The first kappa shape index (κ1) is 32.2. The van der Waals surface area contributed by atoms with Gasteiger partial charge in [0.25, 0.3) is 10.0 Å². The topological polar surface area (TPSA) is 86.8 Å². The molecule has 0 fully saturated rings. The Hall–Kier alpha value is -3.28. The number of halogens is 5. The Balaban J connectivity index is 2.12. The maximum absolute atomic E-state index is 13.9. The minimum absolute atomic E-state index is 0.146. The standard InChI is InChI=1S/C28H28Cl2F3N3O4S/c1-3-25(27(38)34-4-2)35(17-19-13-14-23(29)24(30)15-19)26(37)18-36(41(39,40)22-11-6-5-7-12-22)21-10-8-9-20(16-21)28(31,32)33/h5-16,25H,3-4,17-18H2,1-2H3,(H,34,38). The summed E-state index contributed by atoms with van der Waals surface area (Å²) in [6, 6.07) is 14.4. The quantitative estimate of drug-likeness (QED) is 0.276. The van der Waals surface area contributed by atoms with E-state index in [0.717, 1.165) is 12.1 Å². The number of hydrogen-bond acceptors (Lipinski definition) is 4. The first-order valence-corrected chi connectivity index (χ1v) is 14.7. The van der Waals surface area contributed by atoms with Crippen LogP contribution in [-0.4, -0.2) is 44.3 Å². The third kappa shape index (κ3) is 7.93. The molecule has 0 radical (unpaired) electrons. The summed E-state index contributed by atoms with van der Waals surface area (Å²) >= 11 is 12.2. The Morgan fingerprint density at radius 1 is 0.927 bits per heavy atom. The first-order valence-electron chi connectivity index (χ1n) is 12.6. The number of rotatable bonds is 11. The number of nitrogens with zero attached hydrogens (tertiary/aromatic N) is 2. The summed E-state index contributed by atoms with van der Waals surface area (Å²) in [5.41, 5.74) is -0.943. The van der Waals surface area contributed by atoms with E-state index in [-0.39, 0.29) is 40.1 Å². The van der Waals surface area contributed by atoms with Gasteiger partial charge >= 0.3 is 6.18 Å². The smallest absolute Gasteiger partial charge is 0.355 e. The van der Waals surface area contributed by atoms with Crippen LogP contribution in [0.25, 0.3) is 0 Å². The molecule has 0 aliphatic carbocycles. The molecule has 1 unspecified atom stereocenters. The average molecular weight is 631 g/mol. The van der Waals surface area contributed by atoms with Crippen molar-refractivity contribution < 1.29 is 31.2 Å². The number of sulfonamides is 1. The van der Waals surface area contributed by atoms with E-state index < -0.39 is 46.2 Å². The molecule has 3 aromatic rings. The molecule has 220 valence electrons. The molecule has 0 bridgehead atoms. The molecule has 0 aromatic heterocycles. The molecule has 1 atom stereocenters. The Morgan fingerprint density at radius 3 is 2.20 bits per heavy atom. The van der Waals surface area contributed by atoms with Crippen molar-refractivity contribution in [3.63, 3.8) is 0 Å². The molecule has 13 heteroatoms. The minimum atomic E-state index is -4.76. The van der Waals surface area contributed by atoms with Gasteiger partial charge in [-0.1, -0.05) is 60.5 Å². The molecule has 41 heavy (non-hydrogen) atoms. The van der Waals surface area contributed by atoms with Crippen LogP contribution < -0.4 is 9.62 Å². The van der Waals surface area contributed by atoms with E-state index in [2.05, 4.69) is 5.32 Å². The minimum Gasteiger partial charge on any atom is -0.355 e. The van der Waals surface area contributed by atoms with Gasteiger partial charge in [-0.3, -0.25) is 13.9 Å². The van der Waals surface area contributed by atoms with E-state index in [4.69, 9.17) is 23.2 Å². The normalized spacial score (nSPS) is 12.5. The monoisotopic (exact) mass is 629 g/mol. The molecule has 0 heterocycles. The third-order valence-electron chi connectivity index (χ3n) is 6.15. The van der Waals surface area contributed by atoms with E-state index in [0.29, 0.717) is 15.9 Å². The summed E-state index contributed by atoms with van der Waals surface area (Å²) < 4.78 is 68.7. The van der Waals surface area contributed by atoms with E-state index >= 15 is 0 Å². The number of hydrogen-bond donors (Lipinski definition) is 1. The zero-order valence-electron chi connectivity index (χ0n) is 22.2. The van der Waals surface area contributed by atoms with E-state index in [1.54, 1.807) is 26.0 Å². The van der Waals surface area contributed by atoms with Crippen molar-refractivity contribution in [3.8, 4) is 0 Å². The summed E-state index contributed by atoms with van der Waals surface area (Å²) in [4.78, 5) is 27.8. The van der Waals surface area contributed by atoms with Gasteiger partial charge in [0.2, 0.25) is 11.8 Å². The lowest BCUT2D eigenvalue weighted by molar-refractivity contribution is -0.140. The van der Waals surface area contributed by atoms with E-state index in [9.17, 15) is 31.2 Å². The molecular formula is C28H28Cl2F3N3O4S. The summed E-state index contributed by atoms with van der Waals surface area (Å²) in [5.74, 6) is -1.29. The Labute approximate surface area is 246 Å². The highest BCUT2D eigenvalue weighted by atomic mass is 35.5. The van der Waals surface area contributed by atoms with Crippen molar-refractivity contribution in [1.82, 2.24) is 10.2 Å². The fraction of sp³-hybridized carbons (Fsp3) is 0.286. The molecule has 1 N–H and O–H groups in total. The van der Waals surface area contributed by atoms with Crippen molar-refractivity contribution in [2.24, 2.45) is 0 Å². The molecule has 3 rings (SSSR count).